The minimum Gasteiger partial charge on any atom is -0.360 e. The first-order valence-electron chi connectivity index (χ1n) is 4.00. The summed E-state index contributed by atoms with van der Waals surface area (Å²) in [6.45, 7) is 0. The number of halogens is 1. The molecule has 4 nitrogen and oxygen atoms in total. The highest BCUT2D eigenvalue weighted by Crippen LogP contribution is 2.21. The summed E-state index contributed by atoms with van der Waals surface area (Å²) >= 11 is 5.82. The van der Waals surface area contributed by atoms with Crippen molar-refractivity contribution in [3.05, 3.63) is 35.0 Å². The van der Waals surface area contributed by atoms with Crippen molar-refractivity contribution in [1.82, 2.24) is 10.4 Å². The van der Waals surface area contributed by atoms with Crippen molar-refractivity contribution in [2.45, 2.75) is 0 Å². The maximum atomic E-state index is 11.3. The van der Waals surface area contributed by atoms with E-state index >= 15 is 0 Å². The van der Waals surface area contributed by atoms with Crippen molar-refractivity contribution in [2.24, 2.45) is 5.84 Å². The number of aromatic nitrogens is 1. The lowest BCUT2D eigenvalue weighted by atomic mass is 10.2. The Morgan fingerprint density at radius 3 is 3.00 bits per heavy atom. The van der Waals surface area contributed by atoms with Crippen molar-refractivity contribution in [2.75, 3.05) is 0 Å². The van der Waals surface area contributed by atoms with E-state index in [-0.39, 0.29) is 5.91 Å². The lowest BCUT2D eigenvalue weighted by Gasteiger charge is -1.96. The molecule has 0 spiro atoms. The first-order valence-corrected chi connectivity index (χ1v) is 4.38. The number of H-pyrrole nitrogens is 1. The summed E-state index contributed by atoms with van der Waals surface area (Å²) in [5.74, 6) is 4.71. The molecular formula is C9H8ClN3O. The van der Waals surface area contributed by atoms with E-state index in [0.29, 0.717) is 10.6 Å². The van der Waals surface area contributed by atoms with Crippen LogP contribution in [-0.2, 0) is 0 Å². The fourth-order valence-corrected chi connectivity index (χ4v) is 1.53. The zero-order valence-electron chi connectivity index (χ0n) is 7.17. The number of hydrazine groups is 1. The Balaban J connectivity index is 2.67. The van der Waals surface area contributed by atoms with E-state index in [1.807, 2.05) is 6.07 Å². The Morgan fingerprint density at radius 2 is 2.29 bits per heavy atom. The third-order valence-corrected chi connectivity index (χ3v) is 2.25. The number of hydrogen-bond acceptors (Lipinski definition) is 2. The van der Waals surface area contributed by atoms with Crippen LogP contribution in [0.2, 0.25) is 5.02 Å². The Hall–Kier alpha value is -1.52. The molecule has 1 aromatic heterocycles. The molecule has 0 aliphatic carbocycles. The summed E-state index contributed by atoms with van der Waals surface area (Å²) < 4.78 is 0. The van der Waals surface area contributed by atoms with E-state index in [9.17, 15) is 4.79 Å². The average molecular weight is 210 g/mol. The highest BCUT2D eigenvalue weighted by Gasteiger charge is 2.10. The third kappa shape index (κ3) is 1.34. The van der Waals surface area contributed by atoms with Crippen LogP contribution in [0.15, 0.2) is 24.4 Å². The number of carbonyl (C=O) groups excluding carboxylic acids is 1. The molecule has 4 N–H and O–H groups in total. The van der Waals surface area contributed by atoms with Crippen molar-refractivity contribution < 1.29 is 4.79 Å². The van der Waals surface area contributed by atoms with Crippen LogP contribution < -0.4 is 11.3 Å². The molecule has 0 atom stereocenters. The fourth-order valence-electron chi connectivity index (χ4n) is 1.36. The largest absolute Gasteiger partial charge is 0.360 e. The van der Waals surface area contributed by atoms with Crippen LogP contribution in [-0.4, -0.2) is 10.9 Å². The van der Waals surface area contributed by atoms with Crippen LogP contribution in [0.4, 0.5) is 0 Å². The Kier molecular flexibility index (Phi) is 2.15. The smallest absolute Gasteiger partial charge is 0.267 e. The maximum Gasteiger partial charge on any atom is 0.267 e. The van der Waals surface area contributed by atoms with E-state index in [2.05, 4.69) is 10.4 Å². The summed E-state index contributed by atoms with van der Waals surface area (Å²) in [4.78, 5) is 14.3. The molecule has 0 bridgehead atoms. The first kappa shape index (κ1) is 9.05. The summed E-state index contributed by atoms with van der Waals surface area (Å²) in [7, 11) is 0. The molecule has 2 aromatic rings. The van der Waals surface area contributed by atoms with Gasteiger partial charge in [-0.2, -0.15) is 0 Å². The van der Waals surface area contributed by atoms with Crippen LogP contribution in [0.1, 0.15) is 10.4 Å². The Bertz CT molecular complexity index is 492. The summed E-state index contributed by atoms with van der Waals surface area (Å²) in [6.07, 6.45) is 1.60. The quantitative estimate of drug-likeness (QED) is 0.378. The minimum absolute atomic E-state index is 0.335. The van der Waals surface area contributed by atoms with Gasteiger partial charge < -0.3 is 4.98 Å². The van der Waals surface area contributed by atoms with Gasteiger partial charge >= 0.3 is 0 Å². The molecule has 14 heavy (non-hydrogen) atoms. The molecule has 2 rings (SSSR count). The van der Waals surface area contributed by atoms with Gasteiger partial charge in [-0.3, -0.25) is 10.2 Å². The highest BCUT2D eigenvalue weighted by molar-refractivity contribution is 6.31. The molecule has 5 heteroatoms. The lowest BCUT2D eigenvalue weighted by Crippen LogP contribution is -2.29. The standard InChI is InChI=1S/C9H8ClN3O/c10-5-1-2-8-6(3-5)7(4-12-8)9(14)13-11/h1-4,12H,11H2,(H,13,14). The topological polar surface area (TPSA) is 70.9 Å². The molecule has 1 amide bonds. The van der Waals surface area contributed by atoms with Gasteiger partial charge in [0.25, 0.3) is 5.91 Å². The van der Waals surface area contributed by atoms with Gasteiger partial charge in [-0.15, -0.1) is 0 Å². The van der Waals surface area contributed by atoms with Gasteiger partial charge in [-0.1, -0.05) is 11.6 Å². The number of hydrogen-bond donors (Lipinski definition) is 3. The zero-order valence-corrected chi connectivity index (χ0v) is 7.93. The molecule has 0 aliphatic rings. The van der Waals surface area contributed by atoms with Crippen LogP contribution in [0.5, 0.6) is 0 Å². The van der Waals surface area contributed by atoms with Gasteiger partial charge in [0.15, 0.2) is 0 Å². The normalized spacial score (nSPS) is 10.4. The van der Waals surface area contributed by atoms with Gasteiger partial charge in [0.05, 0.1) is 5.56 Å². The van der Waals surface area contributed by atoms with Gasteiger partial charge in [0, 0.05) is 22.1 Å². The molecule has 72 valence electrons. The molecular weight excluding hydrogens is 202 g/mol. The molecule has 1 heterocycles. The van der Waals surface area contributed by atoms with Crippen molar-refractivity contribution in [1.29, 1.82) is 0 Å². The first-order chi connectivity index (χ1) is 6.72. The molecule has 0 saturated carbocycles. The summed E-state index contributed by atoms with van der Waals surface area (Å²) in [5, 5.41) is 1.35. The molecule has 0 radical (unpaired) electrons. The zero-order chi connectivity index (χ0) is 10.1. The number of benzene rings is 1. The molecule has 0 saturated heterocycles. The van der Waals surface area contributed by atoms with E-state index in [1.165, 1.54) is 0 Å². The molecule has 0 aliphatic heterocycles. The van der Waals surface area contributed by atoms with E-state index in [0.717, 1.165) is 10.9 Å². The van der Waals surface area contributed by atoms with Gasteiger partial charge in [-0.05, 0) is 18.2 Å². The number of nitrogens with two attached hydrogens (primary N) is 1. The predicted molar refractivity (Wildman–Crippen MR) is 55.0 cm³/mol. The number of fused-ring (bicyclic) bond motifs is 1. The molecule has 1 aromatic carbocycles. The summed E-state index contributed by atoms with van der Waals surface area (Å²) in [5.41, 5.74) is 3.42. The number of rotatable bonds is 1. The second-order valence-electron chi connectivity index (χ2n) is 2.87. The fraction of sp³-hybridized carbons (Fsp3) is 0. The van der Waals surface area contributed by atoms with Crippen molar-refractivity contribution >= 4 is 28.4 Å². The summed E-state index contributed by atoms with van der Waals surface area (Å²) in [6, 6.07) is 5.29. The van der Waals surface area contributed by atoms with Crippen molar-refractivity contribution in [3.8, 4) is 0 Å². The van der Waals surface area contributed by atoms with Gasteiger partial charge in [0.2, 0.25) is 0 Å². The highest BCUT2D eigenvalue weighted by atomic mass is 35.5. The lowest BCUT2D eigenvalue weighted by molar-refractivity contribution is 0.0955. The Labute approximate surface area is 85.0 Å². The van der Waals surface area contributed by atoms with Crippen LogP contribution in [0.25, 0.3) is 10.9 Å². The number of amides is 1. The monoisotopic (exact) mass is 209 g/mol. The number of nitrogen functional groups attached to an aromatic ring is 1. The predicted octanol–water partition coefficient (Wildman–Crippen LogP) is 1.42. The molecule has 0 fully saturated rings. The van der Waals surface area contributed by atoms with Crippen LogP contribution >= 0.6 is 11.6 Å². The second-order valence-corrected chi connectivity index (χ2v) is 3.30. The SMILES string of the molecule is NNC(=O)c1c[nH]c2ccc(Cl)cc12. The molecule has 0 unspecified atom stereocenters. The van der Waals surface area contributed by atoms with Gasteiger partial charge in [0.1, 0.15) is 0 Å². The van der Waals surface area contributed by atoms with E-state index < -0.39 is 0 Å². The van der Waals surface area contributed by atoms with Crippen LogP contribution in [0.3, 0.4) is 0 Å². The van der Waals surface area contributed by atoms with Crippen molar-refractivity contribution in [3.63, 3.8) is 0 Å². The minimum atomic E-state index is -0.335. The average Bonchev–Trinajstić information content (AvgIpc) is 2.59. The number of carbonyl (C=O) groups is 1. The number of aromatic amines is 1. The Morgan fingerprint density at radius 1 is 1.50 bits per heavy atom. The third-order valence-electron chi connectivity index (χ3n) is 2.02. The number of nitrogens with one attached hydrogen (secondary N) is 2. The van der Waals surface area contributed by atoms with E-state index in [1.54, 1.807) is 18.3 Å². The maximum absolute atomic E-state index is 11.3. The second kappa shape index (κ2) is 3.32. The van der Waals surface area contributed by atoms with Crippen LogP contribution in [0, 0.1) is 0 Å². The van der Waals surface area contributed by atoms with E-state index in [4.69, 9.17) is 17.4 Å². The van der Waals surface area contributed by atoms with Gasteiger partial charge in [-0.25, -0.2) is 5.84 Å².